The molecule has 0 unspecified atom stereocenters. The summed E-state index contributed by atoms with van der Waals surface area (Å²) in [6.45, 7) is 5.91. The normalized spacial score (nSPS) is 15.9. The van der Waals surface area contributed by atoms with Gasteiger partial charge in [-0.3, -0.25) is 0 Å². The molecule has 2 heterocycles. The predicted molar refractivity (Wildman–Crippen MR) is 95.5 cm³/mol. The van der Waals surface area contributed by atoms with Crippen molar-refractivity contribution in [3.8, 4) is 5.75 Å². The van der Waals surface area contributed by atoms with Crippen molar-refractivity contribution in [2.24, 2.45) is 0 Å². The van der Waals surface area contributed by atoms with Crippen LogP contribution < -0.4 is 15.0 Å². The van der Waals surface area contributed by atoms with Crippen LogP contribution in [0.4, 0.5) is 10.2 Å². The third-order valence-corrected chi connectivity index (χ3v) is 4.45. The number of pyridine rings is 1. The molecule has 25 heavy (non-hydrogen) atoms. The van der Waals surface area contributed by atoms with Crippen molar-refractivity contribution in [2.75, 3.05) is 38.3 Å². The highest BCUT2D eigenvalue weighted by Gasteiger charge is 2.16. The SMILES string of the molecule is COc1cc([C@H](C)NCc2cccnc2N2CCOCC2)ccc1F. The molecule has 1 fully saturated rings. The molecule has 0 spiro atoms. The number of nitrogens with one attached hydrogen (secondary N) is 1. The number of morpholine rings is 1. The van der Waals surface area contributed by atoms with Crippen LogP contribution in [0.1, 0.15) is 24.1 Å². The van der Waals surface area contributed by atoms with E-state index in [1.807, 2.05) is 12.3 Å². The number of hydrogen-bond donors (Lipinski definition) is 1. The number of rotatable bonds is 6. The number of anilines is 1. The van der Waals surface area contributed by atoms with Crippen molar-refractivity contribution in [2.45, 2.75) is 19.5 Å². The maximum absolute atomic E-state index is 13.6. The molecule has 0 aliphatic carbocycles. The third-order valence-electron chi connectivity index (χ3n) is 4.45. The van der Waals surface area contributed by atoms with E-state index in [1.54, 1.807) is 12.1 Å². The van der Waals surface area contributed by atoms with Gasteiger partial charge in [0.05, 0.1) is 20.3 Å². The molecule has 1 aliphatic heterocycles. The molecule has 0 saturated carbocycles. The number of benzene rings is 1. The Morgan fingerprint density at radius 1 is 1.32 bits per heavy atom. The Labute approximate surface area is 147 Å². The molecule has 1 aromatic heterocycles. The molecule has 1 aromatic carbocycles. The van der Waals surface area contributed by atoms with Crippen molar-refractivity contribution in [3.63, 3.8) is 0 Å². The van der Waals surface area contributed by atoms with Crippen LogP contribution in [-0.4, -0.2) is 38.4 Å². The molecule has 3 rings (SSSR count). The van der Waals surface area contributed by atoms with Gasteiger partial charge in [0.1, 0.15) is 5.82 Å². The van der Waals surface area contributed by atoms with Crippen LogP contribution in [0.15, 0.2) is 36.5 Å². The fraction of sp³-hybridized carbons (Fsp3) is 0.421. The second-order valence-electron chi connectivity index (χ2n) is 6.08. The number of methoxy groups -OCH3 is 1. The Morgan fingerprint density at radius 3 is 2.88 bits per heavy atom. The molecular weight excluding hydrogens is 321 g/mol. The maximum Gasteiger partial charge on any atom is 0.165 e. The summed E-state index contributed by atoms with van der Waals surface area (Å²) in [5.41, 5.74) is 2.13. The number of nitrogens with zero attached hydrogens (tertiary/aromatic N) is 2. The standard InChI is InChI=1S/C19H24FN3O2/c1-14(15-5-6-17(20)18(12-15)24-2)22-13-16-4-3-7-21-19(16)23-8-10-25-11-9-23/h3-7,12,14,22H,8-11,13H2,1-2H3/t14-/m0/s1. The Bertz CT molecular complexity index is 705. The summed E-state index contributed by atoms with van der Waals surface area (Å²) >= 11 is 0. The minimum absolute atomic E-state index is 0.0623. The molecule has 0 bridgehead atoms. The number of ether oxygens (including phenoxy) is 2. The summed E-state index contributed by atoms with van der Waals surface area (Å²) in [4.78, 5) is 6.81. The van der Waals surface area contributed by atoms with E-state index in [0.29, 0.717) is 6.54 Å². The zero-order chi connectivity index (χ0) is 17.6. The lowest BCUT2D eigenvalue weighted by Gasteiger charge is -2.29. The Morgan fingerprint density at radius 2 is 2.12 bits per heavy atom. The summed E-state index contributed by atoms with van der Waals surface area (Å²) in [6.07, 6.45) is 1.82. The summed E-state index contributed by atoms with van der Waals surface area (Å²) in [5, 5.41) is 3.49. The number of halogens is 1. The van der Waals surface area contributed by atoms with Crippen LogP contribution in [0.2, 0.25) is 0 Å². The van der Waals surface area contributed by atoms with Crippen molar-refractivity contribution < 1.29 is 13.9 Å². The summed E-state index contributed by atoms with van der Waals surface area (Å²) in [6, 6.07) is 9.05. The van der Waals surface area contributed by atoms with E-state index in [2.05, 4.69) is 28.2 Å². The van der Waals surface area contributed by atoms with Crippen molar-refractivity contribution in [3.05, 3.63) is 53.5 Å². The zero-order valence-corrected chi connectivity index (χ0v) is 14.7. The second-order valence-corrected chi connectivity index (χ2v) is 6.08. The molecule has 2 aromatic rings. The lowest BCUT2D eigenvalue weighted by atomic mass is 10.1. The molecule has 6 heteroatoms. The molecule has 1 N–H and O–H groups in total. The van der Waals surface area contributed by atoms with Crippen LogP contribution in [0.25, 0.3) is 0 Å². The van der Waals surface area contributed by atoms with E-state index in [-0.39, 0.29) is 17.6 Å². The summed E-state index contributed by atoms with van der Waals surface area (Å²) in [5.74, 6) is 0.920. The largest absolute Gasteiger partial charge is 0.494 e. The summed E-state index contributed by atoms with van der Waals surface area (Å²) in [7, 11) is 1.48. The van der Waals surface area contributed by atoms with Gasteiger partial charge in [0, 0.05) is 37.4 Å². The van der Waals surface area contributed by atoms with Crippen molar-refractivity contribution in [1.29, 1.82) is 0 Å². The van der Waals surface area contributed by atoms with Crippen molar-refractivity contribution >= 4 is 5.82 Å². The van der Waals surface area contributed by atoms with Gasteiger partial charge >= 0.3 is 0 Å². The molecule has 134 valence electrons. The average molecular weight is 345 g/mol. The fourth-order valence-electron chi connectivity index (χ4n) is 2.95. The highest BCUT2D eigenvalue weighted by atomic mass is 19.1. The van der Waals surface area contributed by atoms with E-state index in [9.17, 15) is 4.39 Å². The topological polar surface area (TPSA) is 46.6 Å². The van der Waals surface area contributed by atoms with Gasteiger partial charge in [0.15, 0.2) is 11.6 Å². The van der Waals surface area contributed by atoms with Gasteiger partial charge in [-0.25, -0.2) is 9.37 Å². The minimum Gasteiger partial charge on any atom is -0.494 e. The van der Waals surface area contributed by atoms with E-state index in [0.717, 1.165) is 43.2 Å². The summed E-state index contributed by atoms with van der Waals surface area (Å²) < 4.78 is 24.1. The molecule has 0 amide bonds. The smallest absolute Gasteiger partial charge is 0.165 e. The second kappa shape index (κ2) is 8.27. The van der Waals surface area contributed by atoms with Gasteiger partial charge in [-0.1, -0.05) is 12.1 Å². The first kappa shape index (κ1) is 17.6. The van der Waals surface area contributed by atoms with Crippen LogP contribution in [0, 0.1) is 5.82 Å². The van der Waals surface area contributed by atoms with Crippen molar-refractivity contribution in [1.82, 2.24) is 10.3 Å². The molecule has 1 atom stereocenters. The monoisotopic (exact) mass is 345 g/mol. The highest BCUT2D eigenvalue weighted by molar-refractivity contribution is 5.47. The average Bonchev–Trinajstić information content (AvgIpc) is 2.67. The van der Waals surface area contributed by atoms with Gasteiger partial charge in [-0.2, -0.15) is 0 Å². The van der Waals surface area contributed by atoms with Gasteiger partial charge in [-0.05, 0) is 30.7 Å². The fourth-order valence-corrected chi connectivity index (χ4v) is 2.95. The van der Waals surface area contributed by atoms with Gasteiger partial charge < -0.3 is 19.7 Å². The Kier molecular flexibility index (Phi) is 5.83. The molecule has 0 radical (unpaired) electrons. The lowest BCUT2D eigenvalue weighted by molar-refractivity contribution is 0.122. The van der Waals surface area contributed by atoms with E-state index in [1.165, 1.54) is 13.2 Å². The Balaban J connectivity index is 1.69. The first-order valence-electron chi connectivity index (χ1n) is 8.52. The first-order valence-corrected chi connectivity index (χ1v) is 8.52. The van der Waals surface area contributed by atoms with E-state index >= 15 is 0 Å². The number of aromatic nitrogens is 1. The van der Waals surface area contributed by atoms with Crippen LogP contribution in [0.5, 0.6) is 5.75 Å². The highest BCUT2D eigenvalue weighted by Crippen LogP contribution is 2.24. The predicted octanol–water partition coefficient (Wildman–Crippen LogP) is 2.92. The number of hydrogen-bond acceptors (Lipinski definition) is 5. The van der Waals surface area contributed by atoms with Gasteiger partial charge in [-0.15, -0.1) is 0 Å². The molecular formula is C19H24FN3O2. The van der Waals surface area contributed by atoms with E-state index < -0.39 is 0 Å². The minimum atomic E-state index is -0.347. The zero-order valence-electron chi connectivity index (χ0n) is 14.7. The van der Waals surface area contributed by atoms with E-state index in [4.69, 9.17) is 9.47 Å². The van der Waals surface area contributed by atoms with Gasteiger partial charge in [0.2, 0.25) is 0 Å². The molecule has 5 nitrogen and oxygen atoms in total. The lowest BCUT2D eigenvalue weighted by Crippen LogP contribution is -2.37. The maximum atomic E-state index is 13.6. The van der Waals surface area contributed by atoms with Gasteiger partial charge in [0.25, 0.3) is 0 Å². The molecule has 1 saturated heterocycles. The van der Waals surface area contributed by atoms with Crippen LogP contribution in [0.3, 0.4) is 0 Å². The molecule has 1 aliphatic rings. The van der Waals surface area contributed by atoms with Crippen LogP contribution in [-0.2, 0) is 11.3 Å². The third kappa shape index (κ3) is 4.27. The Hall–Kier alpha value is -2.18. The first-order chi connectivity index (χ1) is 12.2. The van der Waals surface area contributed by atoms with Crippen LogP contribution >= 0.6 is 0 Å². The quantitative estimate of drug-likeness (QED) is 0.872.